The van der Waals surface area contributed by atoms with E-state index >= 15 is 0 Å². The van der Waals surface area contributed by atoms with Crippen LogP contribution in [0.25, 0.3) is 0 Å². The number of carbonyl (C=O) groups is 1. The molecule has 2 rings (SSSR count). The number of hydrogen-bond acceptors (Lipinski definition) is 4. The highest BCUT2D eigenvalue weighted by atomic mass is 35.5. The second-order valence-corrected chi connectivity index (χ2v) is 7.00. The van der Waals surface area contributed by atoms with E-state index in [2.05, 4.69) is 10.2 Å². The zero-order valence-electron chi connectivity index (χ0n) is 12.6. The van der Waals surface area contributed by atoms with E-state index < -0.39 is 0 Å². The zero-order chi connectivity index (χ0) is 15.8. The minimum absolute atomic E-state index is 0.0639. The fraction of sp³-hybridized carbons (Fsp3) is 0.562. The van der Waals surface area contributed by atoms with Crippen LogP contribution >= 0.6 is 23.4 Å². The Balaban J connectivity index is 1.53. The quantitative estimate of drug-likeness (QED) is 0.590. The molecule has 22 heavy (non-hydrogen) atoms. The summed E-state index contributed by atoms with van der Waals surface area (Å²) in [6.07, 6.45) is 2.56. The molecule has 4 nitrogen and oxygen atoms in total. The molecule has 0 radical (unpaired) electrons. The molecule has 1 aromatic rings. The summed E-state index contributed by atoms with van der Waals surface area (Å²) in [6.45, 7) is 3.61. The van der Waals surface area contributed by atoms with E-state index in [1.165, 1.54) is 11.8 Å². The molecule has 0 saturated carbocycles. The maximum Gasteiger partial charge on any atom is 0.230 e. The predicted molar refractivity (Wildman–Crippen MR) is 91.5 cm³/mol. The van der Waals surface area contributed by atoms with Gasteiger partial charge in [0.05, 0.1) is 11.9 Å². The molecular weight excluding hydrogens is 320 g/mol. The van der Waals surface area contributed by atoms with E-state index in [9.17, 15) is 9.90 Å². The molecule has 0 spiro atoms. The molecule has 0 bridgehead atoms. The summed E-state index contributed by atoms with van der Waals surface area (Å²) in [6, 6.07) is 7.50. The standard InChI is InChI=1S/C16H23ClN2O2S/c17-13-2-4-15(5-3-13)22-12-16(21)18-8-1-9-19-10-6-14(20)7-11-19/h2-5,14,20H,1,6-12H2,(H,18,21). The Hall–Kier alpha value is -0.750. The van der Waals surface area contributed by atoms with E-state index in [4.69, 9.17) is 11.6 Å². The molecule has 1 heterocycles. The fourth-order valence-corrected chi connectivity index (χ4v) is 3.26. The monoisotopic (exact) mass is 342 g/mol. The van der Waals surface area contributed by atoms with Crippen molar-refractivity contribution < 1.29 is 9.90 Å². The van der Waals surface area contributed by atoms with Gasteiger partial charge in [-0.1, -0.05) is 11.6 Å². The number of rotatable bonds is 7. The van der Waals surface area contributed by atoms with Gasteiger partial charge >= 0.3 is 0 Å². The lowest BCUT2D eigenvalue weighted by molar-refractivity contribution is -0.118. The van der Waals surface area contributed by atoms with E-state index in [1.807, 2.05) is 24.3 Å². The third-order valence-electron chi connectivity index (χ3n) is 3.71. The van der Waals surface area contributed by atoms with Gasteiger partial charge in [-0.05, 0) is 50.1 Å². The van der Waals surface area contributed by atoms with Gasteiger partial charge in [-0.2, -0.15) is 0 Å². The second-order valence-electron chi connectivity index (χ2n) is 5.52. The number of carbonyl (C=O) groups excluding carboxylic acids is 1. The van der Waals surface area contributed by atoms with Crippen molar-refractivity contribution in [2.45, 2.75) is 30.3 Å². The minimum atomic E-state index is -0.124. The van der Waals surface area contributed by atoms with Crippen molar-refractivity contribution in [3.63, 3.8) is 0 Å². The van der Waals surface area contributed by atoms with E-state index in [1.54, 1.807) is 0 Å². The summed E-state index contributed by atoms with van der Waals surface area (Å²) in [7, 11) is 0. The van der Waals surface area contributed by atoms with E-state index in [0.29, 0.717) is 17.3 Å². The fourth-order valence-electron chi connectivity index (χ4n) is 2.40. The van der Waals surface area contributed by atoms with Crippen molar-refractivity contribution >= 4 is 29.3 Å². The number of hydrogen-bond donors (Lipinski definition) is 2. The number of benzene rings is 1. The maximum absolute atomic E-state index is 11.8. The molecule has 1 aromatic carbocycles. The number of likely N-dealkylation sites (tertiary alicyclic amines) is 1. The second kappa shape index (κ2) is 9.40. The first kappa shape index (κ1) is 17.6. The van der Waals surface area contributed by atoms with Crippen molar-refractivity contribution in [2.24, 2.45) is 0 Å². The Labute approximate surface area is 141 Å². The normalized spacial score (nSPS) is 16.6. The number of amides is 1. The first-order chi connectivity index (χ1) is 10.6. The molecule has 1 saturated heterocycles. The average molecular weight is 343 g/mol. The van der Waals surface area contributed by atoms with Crippen LogP contribution in [0.4, 0.5) is 0 Å². The van der Waals surface area contributed by atoms with Gasteiger partial charge in [0.15, 0.2) is 0 Å². The number of aliphatic hydroxyl groups excluding tert-OH is 1. The number of nitrogens with one attached hydrogen (secondary N) is 1. The Bertz CT molecular complexity index is 462. The highest BCUT2D eigenvalue weighted by Crippen LogP contribution is 2.19. The lowest BCUT2D eigenvalue weighted by Crippen LogP contribution is -2.37. The summed E-state index contributed by atoms with van der Waals surface area (Å²) in [4.78, 5) is 15.2. The van der Waals surface area contributed by atoms with Gasteiger partial charge in [-0.15, -0.1) is 11.8 Å². The van der Waals surface area contributed by atoms with Gasteiger partial charge < -0.3 is 15.3 Å². The van der Waals surface area contributed by atoms with Crippen LogP contribution in [0.1, 0.15) is 19.3 Å². The Kier molecular flexibility index (Phi) is 7.52. The van der Waals surface area contributed by atoms with Crippen LogP contribution in [0, 0.1) is 0 Å². The van der Waals surface area contributed by atoms with Crippen LogP contribution in [0.15, 0.2) is 29.2 Å². The average Bonchev–Trinajstić information content (AvgIpc) is 2.53. The Morgan fingerprint density at radius 1 is 1.32 bits per heavy atom. The highest BCUT2D eigenvalue weighted by molar-refractivity contribution is 8.00. The minimum Gasteiger partial charge on any atom is -0.393 e. The van der Waals surface area contributed by atoms with Crippen LogP contribution in [0.3, 0.4) is 0 Å². The van der Waals surface area contributed by atoms with Gasteiger partial charge in [0.25, 0.3) is 0 Å². The largest absolute Gasteiger partial charge is 0.393 e. The Morgan fingerprint density at radius 2 is 2.00 bits per heavy atom. The van der Waals surface area contributed by atoms with Gasteiger partial charge in [-0.25, -0.2) is 0 Å². The van der Waals surface area contributed by atoms with Crippen molar-refractivity contribution in [3.8, 4) is 0 Å². The molecule has 2 N–H and O–H groups in total. The van der Waals surface area contributed by atoms with Gasteiger partial charge in [0.2, 0.25) is 5.91 Å². The van der Waals surface area contributed by atoms with Crippen molar-refractivity contribution in [1.82, 2.24) is 10.2 Å². The summed E-state index contributed by atoms with van der Waals surface area (Å²) in [5.74, 6) is 0.492. The molecule has 0 unspecified atom stereocenters. The summed E-state index contributed by atoms with van der Waals surface area (Å²) in [5.41, 5.74) is 0. The molecule has 6 heteroatoms. The summed E-state index contributed by atoms with van der Waals surface area (Å²) < 4.78 is 0. The molecule has 0 aromatic heterocycles. The highest BCUT2D eigenvalue weighted by Gasteiger charge is 2.16. The topological polar surface area (TPSA) is 52.6 Å². The van der Waals surface area contributed by atoms with Crippen molar-refractivity contribution in [3.05, 3.63) is 29.3 Å². The van der Waals surface area contributed by atoms with Crippen molar-refractivity contribution in [1.29, 1.82) is 0 Å². The van der Waals surface area contributed by atoms with Gasteiger partial charge in [0.1, 0.15) is 0 Å². The van der Waals surface area contributed by atoms with Crippen LogP contribution in [0.5, 0.6) is 0 Å². The maximum atomic E-state index is 11.8. The molecule has 1 fully saturated rings. The molecule has 0 atom stereocenters. The number of piperidine rings is 1. The van der Waals surface area contributed by atoms with E-state index in [0.717, 1.165) is 43.8 Å². The predicted octanol–water partition coefficient (Wildman–Crippen LogP) is 2.40. The van der Waals surface area contributed by atoms with Crippen LogP contribution < -0.4 is 5.32 Å². The lowest BCUT2D eigenvalue weighted by atomic mass is 10.1. The lowest BCUT2D eigenvalue weighted by Gasteiger charge is -2.29. The third kappa shape index (κ3) is 6.57. The van der Waals surface area contributed by atoms with Crippen molar-refractivity contribution in [2.75, 3.05) is 31.9 Å². The van der Waals surface area contributed by atoms with E-state index in [-0.39, 0.29) is 12.0 Å². The van der Waals surface area contributed by atoms with Crippen LogP contribution in [-0.2, 0) is 4.79 Å². The molecule has 1 amide bonds. The van der Waals surface area contributed by atoms with Crippen LogP contribution in [0.2, 0.25) is 5.02 Å². The summed E-state index contributed by atoms with van der Waals surface area (Å²) >= 11 is 7.34. The number of thioether (sulfide) groups is 1. The summed E-state index contributed by atoms with van der Waals surface area (Å²) in [5, 5.41) is 13.1. The Morgan fingerprint density at radius 3 is 2.68 bits per heavy atom. The molecule has 1 aliphatic rings. The first-order valence-corrected chi connectivity index (χ1v) is 9.05. The smallest absolute Gasteiger partial charge is 0.230 e. The number of aliphatic hydroxyl groups is 1. The van der Waals surface area contributed by atoms with Gasteiger partial charge in [-0.3, -0.25) is 4.79 Å². The van der Waals surface area contributed by atoms with Gasteiger partial charge in [0, 0.05) is 29.6 Å². The third-order valence-corrected chi connectivity index (χ3v) is 4.98. The number of halogens is 1. The zero-order valence-corrected chi connectivity index (χ0v) is 14.2. The van der Waals surface area contributed by atoms with Crippen LogP contribution in [-0.4, -0.2) is 53.9 Å². The first-order valence-electron chi connectivity index (χ1n) is 7.69. The molecule has 0 aliphatic carbocycles. The molecule has 1 aliphatic heterocycles. The SMILES string of the molecule is O=C(CSc1ccc(Cl)cc1)NCCCN1CCC(O)CC1. The molecular formula is C16H23ClN2O2S. The molecule has 122 valence electrons. The number of nitrogens with zero attached hydrogens (tertiary/aromatic N) is 1.